The van der Waals surface area contributed by atoms with Crippen LogP contribution >= 0.6 is 0 Å². The van der Waals surface area contributed by atoms with Gasteiger partial charge in [0, 0.05) is 21.7 Å². The molecule has 52 heavy (non-hydrogen) atoms. The smallest absolute Gasteiger partial charge is 0.348 e. The Morgan fingerprint density at radius 1 is 0.654 bits per heavy atom. The third-order valence-electron chi connectivity index (χ3n) is 10.4. The van der Waals surface area contributed by atoms with Gasteiger partial charge in [-0.05, 0) is 38.5 Å². The third-order valence-corrected chi connectivity index (χ3v) is 10.4. The van der Waals surface area contributed by atoms with Gasteiger partial charge in [0.1, 0.15) is 53.0 Å². The minimum atomic E-state index is -1.65. The van der Waals surface area contributed by atoms with Crippen LogP contribution in [0.25, 0.3) is 43.5 Å². The number of fused-ring (bicyclic) bond motifs is 3. The zero-order valence-corrected chi connectivity index (χ0v) is 28.0. The van der Waals surface area contributed by atoms with Gasteiger partial charge in [0.2, 0.25) is 6.29 Å². The van der Waals surface area contributed by atoms with E-state index in [4.69, 9.17) is 37.3 Å². The zero-order chi connectivity index (χ0) is 36.2. The van der Waals surface area contributed by atoms with Crippen molar-refractivity contribution < 1.29 is 57.7 Å². The van der Waals surface area contributed by atoms with Gasteiger partial charge in [-0.25, -0.2) is 9.59 Å². The largest absolute Gasteiger partial charge is 0.506 e. The first-order chi connectivity index (χ1) is 25.0. The van der Waals surface area contributed by atoms with E-state index >= 15 is 0 Å². The molecular formula is C38H34O14. The lowest BCUT2D eigenvalue weighted by Gasteiger charge is -2.45. The quantitative estimate of drug-likeness (QED) is 0.115. The Kier molecular flexibility index (Phi) is 7.80. The second-order valence-corrected chi connectivity index (χ2v) is 13.6. The Morgan fingerprint density at radius 2 is 1.38 bits per heavy atom. The maximum absolute atomic E-state index is 13.5. The van der Waals surface area contributed by atoms with Gasteiger partial charge in [-0.3, -0.25) is 0 Å². The molecule has 5 heterocycles. The van der Waals surface area contributed by atoms with Crippen molar-refractivity contribution in [3.8, 4) is 11.5 Å². The lowest BCUT2D eigenvalue weighted by atomic mass is 9.95. The molecule has 3 aliphatic heterocycles. The summed E-state index contributed by atoms with van der Waals surface area (Å²) < 4.78 is 49.4. The van der Waals surface area contributed by atoms with Crippen molar-refractivity contribution in [2.24, 2.45) is 0 Å². The molecule has 11 atom stereocenters. The number of aryl methyl sites for hydroxylation is 1. The van der Waals surface area contributed by atoms with Gasteiger partial charge in [0.15, 0.2) is 24.3 Å². The summed E-state index contributed by atoms with van der Waals surface area (Å²) in [4.78, 5) is 26.8. The molecule has 2 aromatic heterocycles. The maximum Gasteiger partial charge on any atom is 0.348 e. The topological polar surface area (TPSA) is 197 Å². The van der Waals surface area contributed by atoms with Crippen LogP contribution in [0, 0.1) is 6.92 Å². The standard InChI is InChI=1S/C38H34O14/c1-14-12-13-20-23-21(14)34(43)49-31-22-18(27(40)25(24(23)31)35(44)47-20)10-7-11-19(22)48-38-33(52-37-29(42)28(41)26(39)15(2)45-37)32-30(16(3)46-38)50-36(51-32)17-8-5-4-6-9-17/h4-13,15-16,26,28-30,32-33,36-42H,1-3H3/t15?,16-,26-,28?,29?,30+,32?,33?,36?,37-,38+/m0/s1. The molecule has 0 aliphatic carbocycles. The van der Waals surface area contributed by atoms with Gasteiger partial charge in [0.05, 0.1) is 23.0 Å². The number of benzene rings is 4. The second kappa shape index (κ2) is 12.2. The molecule has 3 fully saturated rings. The molecule has 3 saturated heterocycles. The van der Waals surface area contributed by atoms with Gasteiger partial charge in [-0.15, -0.1) is 0 Å². The van der Waals surface area contributed by atoms with E-state index in [1.165, 1.54) is 6.92 Å². The number of rotatable bonds is 5. The van der Waals surface area contributed by atoms with Gasteiger partial charge in [-0.1, -0.05) is 48.5 Å². The van der Waals surface area contributed by atoms with Crippen LogP contribution in [0.2, 0.25) is 0 Å². The minimum absolute atomic E-state index is 0.0137. The summed E-state index contributed by atoms with van der Waals surface area (Å²) in [5.74, 6) is -0.309. The van der Waals surface area contributed by atoms with Crippen molar-refractivity contribution in [1.82, 2.24) is 0 Å². The van der Waals surface area contributed by atoms with Crippen LogP contribution in [0.4, 0.5) is 0 Å². The van der Waals surface area contributed by atoms with Gasteiger partial charge in [0.25, 0.3) is 0 Å². The molecule has 4 aromatic carbocycles. The van der Waals surface area contributed by atoms with E-state index in [0.29, 0.717) is 10.9 Å². The molecule has 6 unspecified atom stereocenters. The monoisotopic (exact) mass is 714 g/mol. The lowest BCUT2D eigenvalue weighted by Crippen LogP contribution is -2.63. The second-order valence-electron chi connectivity index (χ2n) is 13.6. The van der Waals surface area contributed by atoms with Gasteiger partial charge < -0.3 is 57.7 Å². The number of aromatic hydroxyl groups is 1. The van der Waals surface area contributed by atoms with Crippen LogP contribution in [0.3, 0.4) is 0 Å². The Hall–Kier alpha value is -4.64. The van der Waals surface area contributed by atoms with E-state index in [1.54, 1.807) is 44.2 Å². The maximum atomic E-state index is 13.5. The number of phenols is 1. The van der Waals surface area contributed by atoms with Crippen molar-refractivity contribution in [2.45, 2.75) is 88.5 Å². The molecule has 270 valence electrons. The van der Waals surface area contributed by atoms with Crippen molar-refractivity contribution in [3.05, 3.63) is 92.6 Å². The van der Waals surface area contributed by atoms with Crippen molar-refractivity contribution in [2.75, 3.05) is 0 Å². The highest BCUT2D eigenvalue weighted by Crippen LogP contribution is 2.47. The van der Waals surface area contributed by atoms with Crippen LogP contribution in [-0.2, 0) is 23.7 Å². The molecule has 0 saturated carbocycles. The first kappa shape index (κ1) is 33.2. The van der Waals surface area contributed by atoms with E-state index in [2.05, 4.69) is 0 Å². The molecule has 14 nitrogen and oxygen atoms in total. The molecule has 0 bridgehead atoms. The predicted molar refractivity (Wildman–Crippen MR) is 182 cm³/mol. The van der Waals surface area contributed by atoms with Crippen LogP contribution in [0.5, 0.6) is 11.5 Å². The third kappa shape index (κ3) is 4.94. The van der Waals surface area contributed by atoms with Crippen LogP contribution in [0.1, 0.15) is 31.3 Å². The predicted octanol–water partition coefficient (Wildman–Crippen LogP) is 3.48. The van der Waals surface area contributed by atoms with Gasteiger partial charge in [-0.2, -0.15) is 0 Å². The van der Waals surface area contributed by atoms with Crippen LogP contribution in [-0.4, -0.2) is 81.8 Å². The molecule has 6 aromatic rings. The average Bonchev–Trinajstić information content (AvgIpc) is 3.59. The summed E-state index contributed by atoms with van der Waals surface area (Å²) in [6.07, 6.45) is -12.4. The summed E-state index contributed by atoms with van der Waals surface area (Å²) in [5, 5.41) is 44.3. The SMILES string of the molecule is Cc1ccc2oc(=O)c3c(O)c4cccc(O[C@H]5O[C@@H](C)[C@H]6OC(c7ccccc7)OC6C5O[C@@H]5OC(C)[C@H](O)C(O)C5O)c4c4oc(=O)c1c2c34. The molecule has 4 N–H and O–H groups in total. The molecule has 0 spiro atoms. The molecule has 0 radical (unpaired) electrons. The molecule has 9 rings (SSSR count). The highest BCUT2D eigenvalue weighted by molar-refractivity contribution is 6.28. The van der Waals surface area contributed by atoms with Gasteiger partial charge >= 0.3 is 11.3 Å². The zero-order valence-electron chi connectivity index (χ0n) is 28.0. The normalized spacial score (nSPS) is 32.2. The van der Waals surface area contributed by atoms with Crippen molar-refractivity contribution in [3.63, 3.8) is 0 Å². The van der Waals surface area contributed by atoms with Crippen molar-refractivity contribution in [1.29, 1.82) is 0 Å². The summed E-state index contributed by atoms with van der Waals surface area (Å²) in [7, 11) is 0. The molecule has 14 heteroatoms. The van der Waals surface area contributed by atoms with Crippen LogP contribution in [0.15, 0.2) is 79.1 Å². The number of aliphatic hydroxyl groups excluding tert-OH is 3. The Morgan fingerprint density at radius 3 is 2.17 bits per heavy atom. The number of ether oxygens (including phenoxy) is 6. The fourth-order valence-corrected chi connectivity index (χ4v) is 7.72. The number of hydrogen-bond acceptors (Lipinski definition) is 14. The minimum Gasteiger partial charge on any atom is -0.506 e. The van der Waals surface area contributed by atoms with Crippen molar-refractivity contribution >= 4 is 43.5 Å². The highest BCUT2D eigenvalue weighted by atomic mass is 16.8. The number of hydrogen-bond donors (Lipinski definition) is 4. The van der Waals surface area contributed by atoms with E-state index in [0.717, 1.165) is 5.56 Å². The first-order valence-corrected chi connectivity index (χ1v) is 16.9. The number of aliphatic hydroxyl groups is 3. The Balaban J connectivity index is 1.19. The lowest BCUT2D eigenvalue weighted by molar-refractivity contribution is -0.344. The number of phenolic OH excluding ortho intramolecular Hbond substituents is 1. The first-order valence-electron chi connectivity index (χ1n) is 16.9. The summed E-state index contributed by atoms with van der Waals surface area (Å²) >= 11 is 0. The summed E-state index contributed by atoms with van der Waals surface area (Å²) in [6, 6.07) is 17.2. The molecule has 3 aliphatic rings. The fraction of sp³-hybridized carbons (Fsp3) is 0.368. The molecule has 0 amide bonds. The van der Waals surface area contributed by atoms with E-state index < -0.39 is 84.7 Å². The average molecular weight is 715 g/mol. The summed E-state index contributed by atoms with van der Waals surface area (Å²) in [5.41, 5.74) is -0.0274. The molecular weight excluding hydrogens is 680 g/mol. The van der Waals surface area contributed by atoms with E-state index in [-0.39, 0.29) is 43.8 Å². The van der Waals surface area contributed by atoms with E-state index in [9.17, 15) is 30.0 Å². The fourth-order valence-electron chi connectivity index (χ4n) is 7.72. The van der Waals surface area contributed by atoms with Crippen LogP contribution < -0.4 is 16.0 Å². The summed E-state index contributed by atoms with van der Waals surface area (Å²) in [6.45, 7) is 5.04. The Bertz CT molecular complexity index is 2440. The Labute approximate surface area is 293 Å². The highest BCUT2D eigenvalue weighted by Gasteiger charge is 2.56. The van der Waals surface area contributed by atoms with E-state index in [1.807, 2.05) is 30.3 Å².